The van der Waals surface area contributed by atoms with Crippen molar-refractivity contribution in [1.29, 1.82) is 0 Å². The molecule has 0 radical (unpaired) electrons. The maximum Gasteiger partial charge on any atom is 0.355 e. The van der Waals surface area contributed by atoms with Crippen molar-refractivity contribution in [3.63, 3.8) is 0 Å². The first-order chi connectivity index (χ1) is 17.2. The summed E-state index contributed by atoms with van der Waals surface area (Å²) in [6.45, 7) is 0. The van der Waals surface area contributed by atoms with Crippen molar-refractivity contribution in [1.82, 2.24) is 18.9 Å². The molecule has 0 unspecified atom stereocenters. The number of allylic oxidation sites excluding steroid dienone is 1. The summed E-state index contributed by atoms with van der Waals surface area (Å²) < 4.78 is 62.0. The van der Waals surface area contributed by atoms with Gasteiger partial charge in [0.05, 0.1) is 0 Å². The number of carboxylic acid groups (broad SMARTS) is 1. The molecule has 1 aliphatic heterocycles. The first-order valence-corrected chi connectivity index (χ1v) is 11.4. The molecular formula is C24H13F4IN4O3. The molecule has 6 rings (SSSR count). The molecule has 0 bridgehead atoms. The lowest BCUT2D eigenvalue weighted by atomic mass is 10.1. The largest absolute Gasteiger partial charge is 0.476 e. The van der Waals surface area contributed by atoms with E-state index in [1.54, 1.807) is 22.9 Å². The number of halogens is 5. The fourth-order valence-electron chi connectivity index (χ4n) is 3.73. The van der Waals surface area contributed by atoms with E-state index >= 15 is 0 Å². The first-order valence-electron chi connectivity index (χ1n) is 10.3. The van der Waals surface area contributed by atoms with Gasteiger partial charge in [0.25, 0.3) is 0 Å². The van der Waals surface area contributed by atoms with E-state index in [9.17, 15) is 27.5 Å². The van der Waals surface area contributed by atoms with Crippen LogP contribution in [0.1, 0.15) is 16.3 Å². The Morgan fingerprint density at radius 2 is 1.61 bits per heavy atom. The van der Waals surface area contributed by atoms with Crippen molar-refractivity contribution >= 4 is 40.6 Å². The minimum atomic E-state index is -1.20. The van der Waals surface area contributed by atoms with Gasteiger partial charge in [-0.05, 0) is 46.9 Å². The van der Waals surface area contributed by atoms with Crippen LogP contribution in [0.4, 0.5) is 17.6 Å². The lowest BCUT2D eigenvalue weighted by molar-refractivity contribution is 0.0689. The molecule has 0 atom stereocenters. The van der Waals surface area contributed by atoms with Crippen molar-refractivity contribution in [2.75, 3.05) is 0 Å². The Labute approximate surface area is 213 Å². The lowest BCUT2D eigenvalue weighted by Crippen LogP contribution is -2.05. The molecule has 7 nitrogen and oxygen atoms in total. The van der Waals surface area contributed by atoms with Gasteiger partial charge < -0.3 is 9.52 Å². The summed E-state index contributed by atoms with van der Waals surface area (Å²) in [7, 11) is 0. The third-order valence-electron chi connectivity index (χ3n) is 5.32. The van der Waals surface area contributed by atoms with Crippen molar-refractivity contribution in [2.24, 2.45) is 0 Å². The van der Waals surface area contributed by atoms with E-state index < -0.39 is 29.2 Å². The Bertz CT molecular complexity index is 1670. The summed E-state index contributed by atoms with van der Waals surface area (Å²) in [6, 6.07) is 6.39. The van der Waals surface area contributed by atoms with Crippen molar-refractivity contribution in [3.05, 3.63) is 93.4 Å². The maximum absolute atomic E-state index is 13.7. The molecule has 1 N–H and O–H groups in total. The SMILES string of the molecule is Fc1ccc(-c2nc3occn3c2I)c(F)c1.O=C(O)c1c(-c2ccc(F)cc2F)nc2n1C=CC2. The van der Waals surface area contributed by atoms with Gasteiger partial charge in [-0.3, -0.25) is 8.97 Å². The highest BCUT2D eigenvalue weighted by Crippen LogP contribution is 2.30. The number of aromatic nitrogens is 4. The lowest BCUT2D eigenvalue weighted by Gasteiger charge is -2.03. The Kier molecular flexibility index (Phi) is 6.12. The molecule has 36 heavy (non-hydrogen) atoms. The van der Waals surface area contributed by atoms with Crippen molar-refractivity contribution in [3.8, 4) is 22.5 Å². The Morgan fingerprint density at radius 1 is 0.972 bits per heavy atom. The van der Waals surface area contributed by atoms with E-state index in [1.807, 2.05) is 22.6 Å². The van der Waals surface area contributed by atoms with E-state index in [1.165, 1.54) is 29.0 Å². The average molecular weight is 608 g/mol. The molecule has 0 fully saturated rings. The van der Waals surface area contributed by atoms with Crippen LogP contribution in [0.15, 0.2) is 59.4 Å². The van der Waals surface area contributed by atoms with Gasteiger partial charge >= 0.3 is 11.8 Å². The van der Waals surface area contributed by atoms with Crippen LogP contribution in [0.3, 0.4) is 0 Å². The second kappa shape index (κ2) is 9.26. The average Bonchev–Trinajstić information content (AvgIpc) is 3.57. The van der Waals surface area contributed by atoms with Gasteiger partial charge in [0.15, 0.2) is 5.69 Å². The van der Waals surface area contributed by atoms with Gasteiger partial charge in [-0.15, -0.1) is 0 Å². The van der Waals surface area contributed by atoms with Gasteiger partial charge in [-0.25, -0.2) is 27.3 Å². The fourth-order valence-corrected chi connectivity index (χ4v) is 4.51. The molecular weight excluding hydrogens is 595 g/mol. The van der Waals surface area contributed by atoms with E-state index in [2.05, 4.69) is 9.97 Å². The zero-order valence-electron chi connectivity index (χ0n) is 17.9. The Morgan fingerprint density at radius 3 is 2.19 bits per heavy atom. The molecule has 0 aliphatic carbocycles. The molecule has 0 saturated heterocycles. The maximum atomic E-state index is 13.7. The number of imidazole rings is 2. The number of hydrogen-bond donors (Lipinski definition) is 1. The molecule has 2 aromatic carbocycles. The van der Waals surface area contributed by atoms with Crippen LogP contribution in [-0.4, -0.2) is 30.0 Å². The zero-order valence-corrected chi connectivity index (χ0v) is 20.1. The summed E-state index contributed by atoms with van der Waals surface area (Å²) in [6.07, 6.45) is 7.02. The number of rotatable bonds is 3. The van der Waals surface area contributed by atoms with E-state index in [4.69, 9.17) is 4.42 Å². The highest BCUT2D eigenvalue weighted by molar-refractivity contribution is 14.1. The molecule has 0 spiro atoms. The third-order valence-corrected chi connectivity index (χ3v) is 6.35. The number of aromatic carboxylic acids is 1. The zero-order chi connectivity index (χ0) is 25.6. The quantitative estimate of drug-likeness (QED) is 0.200. The molecule has 1 aliphatic rings. The number of hydrogen-bond acceptors (Lipinski definition) is 4. The normalized spacial score (nSPS) is 12.0. The van der Waals surface area contributed by atoms with Gasteiger partial charge in [0.2, 0.25) is 0 Å². The van der Waals surface area contributed by atoms with Crippen LogP contribution in [0.5, 0.6) is 0 Å². The molecule has 5 aromatic rings. The van der Waals surface area contributed by atoms with Crippen LogP contribution >= 0.6 is 22.6 Å². The predicted molar refractivity (Wildman–Crippen MR) is 129 cm³/mol. The van der Waals surface area contributed by atoms with Crippen LogP contribution in [0.25, 0.3) is 34.6 Å². The molecule has 182 valence electrons. The van der Waals surface area contributed by atoms with E-state index in [-0.39, 0.29) is 22.5 Å². The van der Waals surface area contributed by atoms with Gasteiger partial charge in [-0.1, -0.05) is 6.08 Å². The number of fused-ring (bicyclic) bond motifs is 2. The Hall–Kier alpha value is -3.94. The summed E-state index contributed by atoms with van der Waals surface area (Å²) in [5, 5.41) is 9.23. The third kappa shape index (κ3) is 4.17. The summed E-state index contributed by atoms with van der Waals surface area (Å²) in [5.74, 6) is -3.09. The molecule has 4 heterocycles. The topological polar surface area (TPSA) is 85.6 Å². The highest BCUT2D eigenvalue weighted by Gasteiger charge is 2.26. The van der Waals surface area contributed by atoms with E-state index in [0.717, 1.165) is 15.8 Å². The highest BCUT2D eigenvalue weighted by atomic mass is 127. The molecule has 12 heteroatoms. The van der Waals surface area contributed by atoms with E-state index in [0.29, 0.717) is 29.8 Å². The van der Waals surface area contributed by atoms with Gasteiger partial charge in [0.1, 0.15) is 50.4 Å². The number of benzene rings is 2. The number of nitrogens with zero attached hydrogens (tertiary/aromatic N) is 4. The minimum absolute atomic E-state index is 0.0179. The summed E-state index contributed by atoms with van der Waals surface area (Å²) in [5.41, 5.74) is 0.588. The number of carbonyl (C=O) groups is 1. The Balaban J connectivity index is 0.000000149. The van der Waals surface area contributed by atoms with Crippen LogP contribution in [-0.2, 0) is 6.42 Å². The number of carboxylic acids is 1. The van der Waals surface area contributed by atoms with Crippen LogP contribution in [0.2, 0.25) is 0 Å². The summed E-state index contributed by atoms with van der Waals surface area (Å²) >= 11 is 2.04. The predicted octanol–water partition coefficient (Wildman–Crippen LogP) is 6.03. The van der Waals surface area contributed by atoms with Crippen LogP contribution in [0, 0.1) is 27.0 Å². The van der Waals surface area contributed by atoms with Crippen molar-refractivity contribution < 1.29 is 31.9 Å². The standard InChI is InChI=1S/C13H8F2N2O2.C11H5F2IN2O/c14-7-3-4-8(9(15)6-7)11-12(13(18)19)17-5-1-2-10(17)16-11;12-6-1-2-7(8(13)5-6)9-10(14)16-3-4-17-11(16)15-9/h1,3-6H,2H2,(H,18,19);1-5H. The molecule has 0 saturated carbocycles. The second-order valence-corrected chi connectivity index (χ2v) is 8.57. The van der Waals surface area contributed by atoms with Gasteiger partial charge in [-0.2, -0.15) is 4.98 Å². The van der Waals surface area contributed by atoms with Gasteiger partial charge in [0, 0.05) is 42.1 Å². The second-order valence-electron chi connectivity index (χ2n) is 7.54. The fraction of sp³-hybridized carbons (Fsp3) is 0.0417. The number of oxazole rings is 1. The first kappa shape index (κ1) is 23.8. The van der Waals surface area contributed by atoms with Crippen LogP contribution < -0.4 is 0 Å². The van der Waals surface area contributed by atoms with Crippen molar-refractivity contribution in [2.45, 2.75) is 6.42 Å². The summed E-state index contributed by atoms with van der Waals surface area (Å²) in [4.78, 5) is 19.6. The molecule has 0 amide bonds. The smallest absolute Gasteiger partial charge is 0.355 e. The minimum Gasteiger partial charge on any atom is -0.476 e. The monoisotopic (exact) mass is 608 g/mol. The molecule has 3 aromatic heterocycles.